The third-order valence-electron chi connectivity index (χ3n) is 4.44. The number of allylic oxidation sites excluding steroid dienone is 3. The lowest BCUT2D eigenvalue weighted by Gasteiger charge is -2.33. The Morgan fingerprint density at radius 2 is 1.88 bits per heavy atom. The number of Topliss-reactive ketones (excluding diaryl/α,β-unsaturated/α-hetero) is 1. The van der Waals surface area contributed by atoms with E-state index in [0.29, 0.717) is 29.7 Å². The van der Waals surface area contributed by atoms with E-state index < -0.39 is 17.7 Å². The molecule has 2 N–H and O–H groups in total. The number of hydrogen-bond donors (Lipinski definition) is 1. The van der Waals surface area contributed by atoms with Crippen LogP contribution in [-0.4, -0.2) is 5.78 Å². The molecule has 1 aliphatic carbocycles. The Hall–Kier alpha value is -2.75. The van der Waals surface area contributed by atoms with E-state index in [2.05, 4.69) is 0 Å². The summed E-state index contributed by atoms with van der Waals surface area (Å²) in [6.07, 6.45) is -3.66. The summed E-state index contributed by atoms with van der Waals surface area (Å²) in [5.74, 6) is -0.580. The molecule has 0 radical (unpaired) electrons. The molecular formula is C18H15F3N2O2. The molecule has 1 aliphatic heterocycles. The van der Waals surface area contributed by atoms with Gasteiger partial charge < -0.3 is 10.5 Å². The lowest BCUT2D eigenvalue weighted by molar-refractivity contribution is -0.137. The monoisotopic (exact) mass is 348 g/mol. The quantitative estimate of drug-likeness (QED) is 0.838. The van der Waals surface area contributed by atoms with E-state index in [1.165, 1.54) is 12.1 Å². The second kappa shape index (κ2) is 5.96. The average molecular weight is 348 g/mol. The molecule has 0 amide bonds. The van der Waals surface area contributed by atoms with Crippen LogP contribution in [0.15, 0.2) is 47.1 Å². The highest BCUT2D eigenvalue weighted by atomic mass is 19.4. The summed E-state index contributed by atoms with van der Waals surface area (Å²) < 4.78 is 43.8. The van der Waals surface area contributed by atoms with Crippen LogP contribution in [-0.2, 0) is 15.7 Å². The van der Waals surface area contributed by atoms with Crippen molar-refractivity contribution in [2.24, 2.45) is 11.7 Å². The van der Waals surface area contributed by atoms with Gasteiger partial charge in [0.1, 0.15) is 17.4 Å². The molecule has 25 heavy (non-hydrogen) atoms. The van der Waals surface area contributed by atoms with Crippen molar-refractivity contribution in [1.29, 1.82) is 5.26 Å². The van der Waals surface area contributed by atoms with E-state index >= 15 is 0 Å². The Labute approximate surface area is 142 Å². The van der Waals surface area contributed by atoms with Crippen LogP contribution in [0, 0.1) is 17.2 Å². The van der Waals surface area contributed by atoms with Gasteiger partial charge in [-0.1, -0.05) is 19.1 Å². The van der Waals surface area contributed by atoms with Gasteiger partial charge in [0.15, 0.2) is 5.78 Å². The molecule has 0 unspecified atom stereocenters. The maximum atomic E-state index is 12.8. The van der Waals surface area contributed by atoms with Crippen molar-refractivity contribution in [3.63, 3.8) is 0 Å². The fourth-order valence-electron chi connectivity index (χ4n) is 3.29. The second-order valence-electron chi connectivity index (χ2n) is 6.32. The van der Waals surface area contributed by atoms with Crippen molar-refractivity contribution in [1.82, 2.24) is 0 Å². The zero-order valence-electron chi connectivity index (χ0n) is 13.4. The summed E-state index contributed by atoms with van der Waals surface area (Å²) in [7, 11) is 0. The molecule has 7 heteroatoms. The van der Waals surface area contributed by atoms with Crippen LogP contribution in [0.1, 0.15) is 36.8 Å². The number of nitrogens with zero attached hydrogens (tertiary/aromatic N) is 1. The van der Waals surface area contributed by atoms with Crippen molar-refractivity contribution in [2.75, 3.05) is 0 Å². The highest BCUT2D eigenvalue weighted by Gasteiger charge is 2.40. The molecule has 0 fully saturated rings. The first-order valence-electron chi connectivity index (χ1n) is 7.73. The summed E-state index contributed by atoms with van der Waals surface area (Å²) in [4.78, 5) is 12.5. The minimum Gasteiger partial charge on any atom is -0.444 e. The molecule has 2 atom stereocenters. The Kier molecular flexibility index (Phi) is 4.07. The molecule has 3 rings (SSSR count). The van der Waals surface area contributed by atoms with E-state index in [-0.39, 0.29) is 23.2 Å². The maximum Gasteiger partial charge on any atom is 0.416 e. The standard InChI is InChI=1S/C18H15F3N2O2/c1-9-6-13(24)16-14(7-9)25-17(23)12(8-22)15(16)10-2-4-11(5-3-10)18(19,20)21/h2-5,9,15H,6-7,23H2,1H3/t9-,15+/m0/s1. The van der Waals surface area contributed by atoms with Gasteiger partial charge >= 0.3 is 6.18 Å². The Morgan fingerprint density at radius 3 is 2.44 bits per heavy atom. The molecule has 1 aromatic carbocycles. The van der Waals surface area contributed by atoms with Gasteiger partial charge in [-0.25, -0.2) is 0 Å². The van der Waals surface area contributed by atoms with Crippen molar-refractivity contribution < 1.29 is 22.7 Å². The third kappa shape index (κ3) is 3.00. The number of nitriles is 1. The minimum absolute atomic E-state index is 0.0430. The van der Waals surface area contributed by atoms with Crippen molar-refractivity contribution in [3.05, 3.63) is 58.2 Å². The Bertz CT molecular complexity index is 829. The fraction of sp³-hybridized carbons (Fsp3) is 0.333. The van der Waals surface area contributed by atoms with Crippen LogP contribution in [0.4, 0.5) is 13.2 Å². The van der Waals surface area contributed by atoms with Gasteiger partial charge in [0.05, 0.1) is 11.5 Å². The topological polar surface area (TPSA) is 76.1 Å². The first-order valence-corrected chi connectivity index (χ1v) is 7.73. The fourth-order valence-corrected chi connectivity index (χ4v) is 3.29. The first-order chi connectivity index (χ1) is 11.7. The van der Waals surface area contributed by atoms with Gasteiger partial charge in [-0.3, -0.25) is 4.79 Å². The molecule has 1 heterocycles. The van der Waals surface area contributed by atoms with Crippen LogP contribution in [0.2, 0.25) is 0 Å². The summed E-state index contributed by atoms with van der Waals surface area (Å²) in [5.41, 5.74) is 5.80. The molecular weight excluding hydrogens is 333 g/mol. The molecule has 130 valence electrons. The zero-order chi connectivity index (χ0) is 18.4. The van der Waals surface area contributed by atoms with E-state index in [1.54, 1.807) is 0 Å². The van der Waals surface area contributed by atoms with Crippen molar-refractivity contribution in [2.45, 2.75) is 31.9 Å². The molecule has 2 aliphatic rings. The van der Waals surface area contributed by atoms with Crippen LogP contribution in [0.25, 0.3) is 0 Å². The molecule has 0 saturated heterocycles. The van der Waals surface area contributed by atoms with Gasteiger partial charge in [-0.15, -0.1) is 0 Å². The van der Waals surface area contributed by atoms with Crippen LogP contribution < -0.4 is 5.73 Å². The average Bonchev–Trinajstić information content (AvgIpc) is 2.52. The predicted molar refractivity (Wildman–Crippen MR) is 82.5 cm³/mol. The summed E-state index contributed by atoms with van der Waals surface area (Å²) >= 11 is 0. The van der Waals surface area contributed by atoms with Crippen LogP contribution >= 0.6 is 0 Å². The third-order valence-corrected chi connectivity index (χ3v) is 4.44. The van der Waals surface area contributed by atoms with Crippen LogP contribution in [0.3, 0.4) is 0 Å². The number of halogens is 3. The van der Waals surface area contributed by atoms with Crippen molar-refractivity contribution >= 4 is 5.78 Å². The first kappa shape index (κ1) is 17.1. The Balaban J connectivity index is 2.11. The number of ketones is 1. The molecule has 0 bridgehead atoms. The van der Waals surface area contributed by atoms with E-state index in [9.17, 15) is 23.2 Å². The van der Waals surface area contributed by atoms with Gasteiger partial charge in [0, 0.05) is 18.4 Å². The van der Waals surface area contributed by atoms with Crippen LogP contribution in [0.5, 0.6) is 0 Å². The van der Waals surface area contributed by atoms with Crippen molar-refractivity contribution in [3.8, 4) is 6.07 Å². The zero-order valence-corrected chi connectivity index (χ0v) is 13.4. The number of alkyl halides is 3. The summed E-state index contributed by atoms with van der Waals surface area (Å²) in [6.45, 7) is 1.90. The van der Waals surface area contributed by atoms with Gasteiger partial charge in [0.25, 0.3) is 0 Å². The highest BCUT2D eigenvalue weighted by Crippen LogP contribution is 2.44. The maximum absolute atomic E-state index is 12.8. The number of carbonyl (C=O) groups is 1. The number of hydrogen-bond acceptors (Lipinski definition) is 4. The van der Waals surface area contributed by atoms with Gasteiger partial charge in [-0.2, -0.15) is 18.4 Å². The minimum atomic E-state index is -4.46. The number of benzene rings is 1. The molecule has 1 aromatic rings. The smallest absolute Gasteiger partial charge is 0.416 e. The summed E-state index contributed by atoms with van der Waals surface area (Å²) in [5, 5.41) is 9.42. The largest absolute Gasteiger partial charge is 0.444 e. The second-order valence-corrected chi connectivity index (χ2v) is 6.32. The lowest BCUT2D eigenvalue weighted by Crippen LogP contribution is -2.29. The van der Waals surface area contributed by atoms with Gasteiger partial charge in [0.2, 0.25) is 5.88 Å². The van der Waals surface area contributed by atoms with Gasteiger partial charge in [-0.05, 0) is 23.6 Å². The van der Waals surface area contributed by atoms with E-state index in [0.717, 1.165) is 12.1 Å². The van der Waals surface area contributed by atoms with E-state index in [4.69, 9.17) is 10.5 Å². The lowest BCUT2D eigenvalue weighted by atomic mass is 9.75. The predicted octanol–water partition coefficient (Wildman–Crippen LogP) is 3.77. The molecule has 0 spiro atoms. The molecule has 0 saturated carbocycles. The molecule has 0 aromatic heterocycles. The Morgan fingerprint density at radius 1 is 1.24 bits per heavy atom. The SMILES string of the molecule is C[C@H]1CC(=O)C2=C(C1)OC(N)=C(C#N)[C@H]2c1ccc(C(F)(F)F)cc1. The summed E-state index contributed by atoms with van der Waals surface area (Å²) in [6, 6.07) is 6.36. The number of nitrogens with two attached hydrogens (primary N) is 1. The number of ether oxygens (including phenoxy) is 1. The number of carbonyl (C=O) groups excluding carboxylic acids is 1. The van der Waals surface area contributed by atoms with E-state index in [1.807, 2.05) is 13.0 Å². The molecule has 4 nitrogen and oxygen atoms in total. The number of rotatable bonds is 1. The normalized spacial score (nSPS) is 23.9. The highest BCUT2D eigenvalue weighted by molar-refractivity contribution is 5.99.